The smallest absolute Gasteiger partial charge is 0.270 e. The lowest BCUT2D eigenvalue weighted by Gasteiger charge is -2.10. The predicted molar refractivity (Wildman–Crippen MR) is 131 cm³/mol. The molecule has 170 valence electrons. The summed E-state index contributed by atoms with van der Waals surface area (Å²) in [7, 11) is 0. The maximum absolute atomic E-state index is 12.3. The topological polar surface area (TPSA) is 115 Å². The molecule has 0 aliphatic rings. The van der Waals surface area contributed by atoms with Crippen molar-refractivity contribution in [2.45, 2.75) is 12.1 Å². The second-order valence-corrected chi connectivity index (χ2v) is 8.22. The first-order valence-electron chi connectivity index (χ1n) is 10.3. The highest BCUT2D eigenvalue weighted by Gasteiger charge is 2.17. The van der Waals surface area contributed by atoms with Crippen LogP contribution in [0.2, 0.25) is 0 Å². The Morgan fingerprint density at radius 1 is 1.09 bits per heavy atom. The van der Waals surface area contributed by atoms with E-state index >= 15 is 0 Å². The molecule has 0 aliphatic carbocycles. The second-order valence-electron chi connectivity index (χ2n) is 7.28. The molecule has 4 aromatic rings. The maximum Gasteiger partial charge on any atom is 0.270 e. The Balaban J connectivity index is 1.47. The van der Waals surface area contributed by atoms with Crippen molar-refractivity contribution >= 4 is 29.6 Å². The largest absolute Gasteiger partial charge is 0.272 e. The van der Waals surface area contributed by atoms with Crippen LogP contribution in [0.1, 0.15) is 11.1 Å². The first-order valence-corrected chi connectivity index (χ1v) is 11.3. The van der Waals surface area contributed by atoms with Gasteiger partial charge in [0.15, 0.2) is 11.0 Å². The summed E-state index contributed by atoms with van der Waals surface area (Å²) in [6.45, 7) is 2.02. The van der Waals surface area contributed by atoms with E-state index in [0.717, 1.165) is 16.8 Å². The summed E-state index contributed by atoms with van der Waals surface area (Å²) < 4.78 is 1.91. The van der Waals surface area contributed by atoms with E-state index in [1.54, 1.807) is 12.1 Å². The van der Waals surface area contributed by atoms with Crippen LogP contribution >= 0.6 is 11.8 Å². The van der Waals surface area contributed by atoms with Gasteiger partial charge in [-0.15, -0.1) is 10.2 Å². The molecule has 1 N–H and O–H groups in total. The van der Waals surface area contributed by atoms with Crippen molar-refractivity contribution in [1.29, 1.82) is 0 Å². The number of aryl methyl sites for hydroxylation is 1. The molecule has 1 aromatic heterocycles. The average molecular weight is 473 g/mol. The summed E-state index contributed by atoms with van der Waals surface area (Å²) in [6, 6.07) is 23.7. The molecule has 0 fully saturated rings. The van der Waals surface area contributed by atoms with Crippen LogP contribution in [-0.2, 0) is 4.79 Å². The fourth-order valence-corrected chi connectivity index (χ4v) is 3.87. The number of para-hydroxylation sites is 1. The van der Waals surface area contributed by atoms with E-state index in [0.29, 0.717) is 16.5 Å². The molecule has 3 aromatic carbocycles. The standard InChI is InChI=1S/C24H20N6O3S/c1-17-10-12-19(13-11-17)23-27-28-24(29(23)20-7-3-2-4-8-20)34-16-22(31)26-25-15-18-6-5-9-21(14-18)30(32)33/h2-15H,16H2,1H3,(H,26,31)/b25-15-. The highest BCUT2D eigenvalue weighted by atomic mass is 32.2. The molecule has 0 atom stereocenters. The fourth-order valence-electron chi connectivity index (χ4n) is 3.12. The minimum Gasteiger partial charge on any atom is -0.272 e. The molecule has 4 rings (SSSR count). The molecule has 1 amide bonds. The maximum atomic E-state index is 12.3. The van der Waals surface area contributed by atoms with Gasteiger partial charge in [-0.3, -0.25) is 19.5 Å². The van der Waals surface area contributed by atoms with Crippen LogP contribution in [0, 0.1) is 17.0 Å². The number of non-ortho nitro benzene ring substituents is 1. The molecule has 0 aliphatic heterocycles. The van der Waals surface area contributed by atoms with Crippen LogP contribution in [0.4, 0.5) is 5.69 Å². The zero-order valence-corrected chi connectivity index (χ0v) is 19.0. The van der Waals surface area contributed by atoms with Crippen molar-refractivity contribution < 1.29 is 9.72 Å². The molecule has 0 unspecified atom stereocenters. The van der Waals surface area contributed by atoms with Crippen molar-refractivity contribution in [3.63, 3.8) is 0 Å². The lowest BCUT2D eigenvalue weighted by Crippen LogP contribution is -2.20. The third-order valence-corrected chi connectivity index (χ3v) is 5.70. The Labute approximate surface area is 199 Å². The first kappa shape index (κ1) is 22.9. The van der Waals surface area contributed by atoms with Gasteiger partial charge in [0.2, 0.25) is 0 Å². The average Bonchev–Trinajstić information content (AvgIpc) is 3.28. The summed E-state index contributed by atoms with van der Waals surface area (Å²) in [4.78, 5) is 22.7. The number of thioether (sulfide) groups is 1. The van der Waals surface area contributed by atoms with E-state index in [2.05, 4.69) is 20.7 Å². The van der Waals surface area contributed by atoms with Crippen LogP contribution in [0.15, 0.2) is 89.1 Å². The number of nitro benzene ring substituents is 1. The van der Waals surface area contributed by atoms with Crippen molar-refractivity contribution in [3.8, 4) is 17.1 Å². The number of nitrogens with one attached hydrogen (secondary N) is 1. The normalized spacial score (nSPS) is 11.0. The van der Waals surface area contributed by atoms with Gasteiger partial charge in [-0.1, -0.05) is 71.9 Å². The van der Waals surface area contributed by atoms with Gasteiger partial charge in [0.25, 0.3) is 11.6 Å². The lowest BCUT2D eigenvalue weighted by atomic mass is 10.1. The SMILES string of the molecule is Cc1ccc(-c2nnc(SCC(=O)N/N=C\c3cccc([N+](=O)[O-])c3)n2-c2ccccc2)cc1. The van der Waals surface area contributed by atoms with E-state index < -0.39 is 4.92 Å². The number of aromatic nitrogens is 3. The molecule has 10 heteroatoms. The fraction of sp³-hybridized carbons (Fsp3) is 0.0833. The van der Waals surface area contributed by atoms with Gasteiger partial charge in [-0.2, -0.15) is 5.10 Å². The number of carbonyl (C=O) groups excluding carboxylic acids is 1. The number of amides is 1. The number of benzene rings is 3. The van der Waals surface area contributed by atoms with Gasteiger partial charge in [-0.25, -0.2) is 5.43 Å². The van der Waals surface area contributed by atoms with Gasteiger partial charge in [-0.05, 0) is 19.1 Å². The Bertz CT molecular complexity index is 1340. The molecule has 0 bridgehead atoms. The number of nitro groups is 1. The number of nitrogens with zero attached hydrogens (tertiary/aromatic N) is 5. The molecule has 9 nitrogen and oxygen atoms in total. The Kier molecular flexibility index (Phi) is 7.09. The third kappa shape index (κ3) is 5.54. The van der Waals surface area contributed by atoms with Crippen molar-refractivity contribution in [3.05, 3.63) is 100 Å². The Morgan fingerprint density at radius 2 is 1.85 bits per heavy atom. The molecular weight excluding hydrogens is 452 g/mol. The highest BCUT2D eigenvalue weighted by molar-refractivity contribution is 7.99. The molecule has 0 saturated carbocycles. The molecule has 0 radical (unpaired) electrons. The molecule has 0 saturated heterocycles. The monoisotopic (exact) mass is 472 g/mol. The van der Waals surface area contributed by atoms with Gasteiger partial charge in [0.05, 0.1) is 16.9 Å². The number of carbonyl (C=O) groups is 1. The second kappa shape index (κ2) is 10.5. The minimum absolute atomic E-state index is 0.0459. The van der Waals surface area contributed by atoms with Gasteiger partial charge >= 0.3 is 0 Å². The summed E-state index contributed by atoms with van der Waals surface area (Å²) in [6.07, 6.45) is 1.36. The van der Waals surface area contributed by atoms with Crippen LogP contribution in [0.3, 0.4) is 0 Å². The Morgan fingerprint density at radius 3 is 2.59 bits per heavy atom. The van der Waals surface area contributed by atoms with Crippen molar-refractivity contribution in [1.82, 2.24) is 20.2 Å². The third-order valence-electron chi connectivity index (χ3n) is 4.77. The van der Waals surface area contributed by atoms with E-state index in [1.165, 1.54) is 30.1 Å². The summed E-state index contributed by atoms with van der Waals surface area (Å²) in [5.41, 5.74) is 5.84. The molecule has 34 heavy (non-hydrogen) atoms. The van der Waals surface area contributed by atoms with E-state index in [9.17, 15) is 14.9 Å². The predicted octanol–water partition coefficient (Wildman–Crippen LogP) is 4.39. The quantitative estimate of drug-likeness (QED) is 0.176. The number of hydrogen-bond acceptors (Lipinski definition) is 7. The molecule has 0 spiro atoms. The van der Waals surface area contributed by atoms with Crippen molar-refractivity contribution in [2.24, 2.45) is 5.10 Å². The zero-order valence-electron chi connectivity index (χ0n) is 18.2. The van der Waals surface area contributed by atoms with Crippen LogP contribution in [0.5, 0.6) is 0 Å². The number of rotatable bonds is 8. The minimum atomic E-state index is -0.486. The molecular formula is C24H20N6O3S. The zero-order chi connectivity index (χ0) is 23.9. The number of hydrazone groups is 1. The van der Waals surface area contributed by atoms with Gasteiger partial charge in [0.1, 0.15) is 0 Å². The highest BCUT2D eigenvalue weighted by Crippen LogP contribution is 2.28. The van der Waals surface area contributed by atoms with E-state index in [-0.39, 0.29) is 17.3 Å². The van der Waals surface area contributed by atoms with E-state index in [4.69, 9.17) is 0 Å². The summed E-state index contributed by atoms with van der Waals surface area (Å²) >= 11 is 1.24. The van der Waals surface area contributed by atoms with E-state index in [1.807, 2.05) is 66.1 Å². The van der Waals surface area contributed by atoms with Crippen LogP contribution in [0.25, 0.3) is 17.1 Å². The Hall–Kier alpha value is -4.31. The lowest BCUT2D eigenvalue weighted by molar-refractivity contribution is -0.384. The van der Waals surface area contributed by atoms with Crippen molar-refractivity contribution in [2.75, 3.05) is 5.75 Å². The van der Waals surface area contributed by atoms with Gasteiger partial charge in [0, 0.05) is 28.9 Å². The number of hydrogen-bond donors (Lipinski definition) is 1. The van der Waals surface area contributed by atoms with Crippen LogP contribution < -0.4 is 5.43 Å². The summed E-state index contributed by atoms with van der Waals surface area (Å²) in [5.74, 6) is 0.398. The van der Waals surface area contributed by atoms with Crippen LogP contribution in [-0.4, -0.2) is 37.6 Å². The van der Waals surface area contributed by atoms with Gasteiger partial charge < -0.3 is 0 Å². The molecule has 1 heterocycles. The summed E-state index contributed by atoms with van der Waals surface area (Å²) in [5, 5.41) is 24.0. The first-order chi connectivity index (χ1) is 16.5.